The quantitative estimate of drug-likeness (QED) is 0.788. The SMILES string of the molecule is COc1cc(C)nc(N2CCCCC2CCCl)n1. The first kappa shape index (κ1) is 13.4. The van der Waals surface area contributed by atoms with Gasteiger partial charge in [-0.25, -0.2) is 4.98 Å². The van der Waals surface area contributed by atoms with Crippen molar-refractivity contribution < 1.29 is 4.74 Å². The van der Waals surface area contributed by atoms with Crippen LogP contribution in [0.3, 0.4) is 0 Å². The van der Waals surface area contributed by atoms with Crippen LogP contribution in [0.15, 0.2) is 6.07 Å². The maximum atomic E-state index is 5.89. The molecule has 1 aliphatic heterocycles. The summed E-state index contributed by atoms with van der Waals surface area (Å²) < 4.78 is 5.22. The standard InChI is InChI=1S/C13H20ClN3O/c1-10-9-12(18-2)16-13(15-10)17-8-4-3-5-11(17)6-7-14/h9,11H,3-8H2,1-2H3. The molecule has 0 N–H and O–H groups in total. The van der Waals surface area contributed by atoms with E-state index in [1.54, 1.807) is 7.11 Å². The Hall–Kier alpha value is -1.03. The largest absolute Gasteiger partial charge is 0.481 e. The lowest BCUT2D eigenvalue weighted by molar-refractivity contribution is 0.392. The molecule has 0 spiro atoms. The van der Waals surface area contributed by atoms with Crippen molar-refractivity contribution in [3.63, 3.8) is 0 Å². The van der Waals surface area contributed by atoms with Crippen molar-refractivity contribution in [3.8, 4) is 5.88 Å². The highest BCUT2D eigenvalue weighted by Crippen LogP contribution is 2.25. The normalized spacial score (nSPS) is 19.9. The van der Waals surface area contributed by atoms with Crippen LogP contribution in [0.4, 0.5) is 5.95 Å². The van der Waals surface area contributed by atoms with Gasteiger partial charge >= 0.3 is 0 Å². The maximum Gasteiger partial charge on any atom is 0.229 e. The first-order valence-corrected chi connectivity index (χ1v) is 7.00. The Bertz CT molecular complexity index is 398. The molecular formula is C13H20ClN3O. The van der Waals surface area contributed by atoms with Gasteiger partial charge in [0, 0.05) is 30.2 Å². The molecule has 1 unspecified atom stereocenters. The van der Waals surface area contributed by atoms with Crippen molar-refractivity contribution in [2.24, 2.45) is 0 Å². The Balaban J connectivity index is 2.24. The summed E-state index contributed by atoms with van der Waals surface area (Å²) in [4.78, 5) is 11.3. The molecule has 18 heavy (non-hydrogen) atoms. The van der Waals surface area contributed by atoms with E-state index in [1.165, 1.54) is 19.3 Å². The van der Waals surface area contributed by atoms with Crippen LogP contribution in [0.1, 0.15) is 31.4 Å². The molecule has 2 heterocycles. The third-order valence-electron chi connectivity index (χ3n) is 3.35. The molecule has 0 bridgehead atoms. The van der Waals surface area contributed by atoms with Gasteiger partial charge in [0.05, 0.1) is 7.11 Å². The second kappa shape index (κ2) is 6.23. The summed E-state index contributed by atoms with van der Waals surface area (Å²) in [5, 5.41) is 0. The number of anilines is 1. The van der Waals surface area contributed by atoms with E-state index in [1.807, 2.05) is 13.0 Å². The van der Waals surface area contributed by atoms with Crippen LogP contribution in [-0.4, -0.2) is 35.5 Å². The van der Waals surface area contributed by atoms with E-state index in [9.17, 15) is 0 Å². The Morgan fingerprint density at radius 1 is 1.44 bits per heavy atom. The predicted octanol–water partition coefficient (Wildman–Crippen LogP) is 2.78. The van der Waals surface area contributed by atoms with E-state index in [-0.39, 0.29) is 0 Å². The van der Waals surface area contributed by atoms with Crippen LogP contribution in [0, 0.1) is 6.92 Å². The molecule has 0 aliphatic carbocycles. The fraction of sp³-hybridized carbons (Fsp3) is 0.692. The van der Waals surface area contributed by atoms with Crippen LogP contribution >= 0.6 is 11.6 Å². The highest BCUT2D eigenvalue weighted by atomic mass is 35.5. The number of nitrogens with zero attached hydrogens (tertiary/aromatic N) is 3. The minimum atomic E-state index is 0.461. The van der Waals surface area contributed by atoms with Gasteiger partial charge in [-0.1, -0.05) is 0 Å². The van der Waals surface area contributed by atoms with Crippen LogP contribution in [0.2, 0.25) is 0 Å². The van der Waals surface area contributed by atoms with Crippen molar-refractivity contribution in [2.45, 2.75) is 38.6 Å². The number of rotatable bonds is 4. The van der Waals surface area contributed by atoms with Gasteiger partial charge in [0.2, 0.25) is 11.8 Å². The Labute approximate surface area is 113 Å². The smallest absolute Gasteiger partial charge is 0.229 e. The molecule has 1 atom stereocenters. The highest BCUT2D eigenvalue weighted by Gasteiger charge is 2.24. The van der Waals surface area contributed by atoms with Crippen LogP contribution < -0.4 is 9.64 Å². The summed E-state index contributed by atoms with van der Waals surface area (Å²) in [6.07, 6.45) is 4.62. The molecule has 0 amide bonds. The first-order chi connectivity index (χ1) is 8.74. The molecule has 1 aliphatic rings. The molecule has 0 aromatic carbocycles. The van der Waals surface area contributed by atoms with Gasteiger partial charge in [-0.05, 0) is 32.6 Å². The van der Waals surface area contributed by atoms with E-state index in [2.05, 4.69) is 14.9 Å². The summed E-state index contributed by atoms with van der Waals surface area (Å²) in [5.74, 6) is 2.10. The van der Waals surface area contributed by atoms with E-state index in [4.69, 9.17) is 16.3 Å². The van der Waals surface area contributed by atoms with Crippen LogP contribution in [0.5, 0.6) is 5.88 Å². The summed E-state index contributed by atoms with van der Waals surface area (Å²) in [7, 11) is 1.64. The lowest BCUT2D eigenvalue weighted by Crippen LogP contribution is -2.41. The number of methoxy groups -OCH3 is 1. The summed E-state index contributed by atoms with van der Waals surface area (Å²) in [6.45, 7) is 2.97. The van der Waals surface area contributed by atoms with E-state index in [0.717, 1.165) is 24.6 Å². The molecule has 1 aromatic rings. The molecule has 0 saturated carbocycles. The molecule has 4 nitrogen and oxygen atoms in total. The highest BCUT2D eigenvalue weighted by molar-refractivity contribution is 6.17. The Morgan fingerprint density at radius 2 is 2.28 bits per heavy atom. The van der Waals surface area contributed by atoms with Crippen molar-refractivity contribution in [1.82, 2.24) is 9.97 Å². The van der Waals surface area contributed by atoms with Gasteiger partial charge in [0.25, 0.3) is 0 Å². The average molecular weight is 270 g/mol. The summed E-state index contributed by atoms with van der Waals surface area (Å²) in [6, 6.07) is 2.31. The monoisotopic (exact) mass is 269 g/mol. The predicted molar refractivity (Wildman–Crippen MR) is 73.6 cm³/mol. The first-order valence-electron chi connectivity index (χ1n) is 6.47. The number of aromatic nitrogens is 2. The molecular weight excluding hydrogens is 250 g/mol. The summed E-state index contributed by atoms with van der Waals surface area (Å²) >= 11 is 5.89. The molecule has 2 rings (SSSR count). The molecule has 100 valence electrons. The van der Waals surface area contributed by atoms with E-state index in [0.29, 0.717) is 17.8 Å². The van der Waals surface area contributed by atoms with Gasteiger partial charge in [-0.15, -0.1) is 11.6 Å². The fourth-order valence-corrected chi connectivity index (χ4v) is 2.70. The van der Waals surface area contributed by atoms with E-state index < -0.39 is 0 Å². The number of aryl methyl sites for hydroxylation is 1. The van der Waals surface area contributed by atoms with Gasteiger partial charge < -0.3 is 9.64 Å². The van der Waals surface area contributed by atoms with Crippen molar-refractivity contribution >= 4 is 17.5 Å². The number of hydrogen-bond donors (Lipinski definition) is 0. The van der Waals surface area contributed by atoms with Crippen molar-refractivity contribution in [2.75, 3.05) is 24.4 Å². The zero-order valence-electron chi connectivity index (χ0n) is 11.0. The molecule has 1 fully saturated rings. The van der Waals surface area contributed by atoms with Gasteiger partial charge in [0.15, 0.2) is 0 Å². The number of piperidine rings is 1. The zero-order chi connectivity index (χ0) is 13.0. The van der Waals surface area contributed by atoms with Crippen molar-refractivity contribution in [3.05, 3.63) is 11.8 Å². The van der Waals surface area contributed by atoms with Gasteiger partial charge in [0.1, 0.15) is 0 Å². The number of hydrogen-bond acceptors (Lipinski definition) is 4. The Kier molecular flexibility index (Phi) is 4.64. The van der Waals surface area contributed by atoms with Crippen molar-refractivity contribution in [1.29, 1.82) is 0 Å². The Morgan fingerprint density at radius 3 is 3.00 bits per heavy atom. The second-order valence-electron chi connectivity index (χ2n) is 4.67. The second-order valence-corrected chi connectivity index (χ2v) is 5.05. The molecule has 1 saturated heterocycles. The lowest BCUT2D eigenvalue weighted by atomic mass is 10.0. The third-order valence-corrected chi connectivity index (χ3v) is 3.57. The maximum absolute atomic E-state index is 5.89. The third kappa shape index (κ3) is 3.05. The summed E-state index contributed by atoms with van der Waals surface area (Å²) in [5.41, 5.74) is 0.937. The number of alkyl halides is 1. The zero-order valence-corrected chi connectivity index (χ0v) is 11.8. The van der Waals surface area contributed by atoms with Gasteiger partial charge in [-0.2, -0.15) is 4.98 Å². The topological polar surface area (TPSA) is 38.2 Å². The van der Waals surface area contributed by atoms with Gasteiger partial charge in [-0.3, -0.25) is 0 Å². The molecule has 0 radical (unpaired) electrons. The van der Waals surface area contributed by atoms with Crippen LogP contribution in [-0.2, 0) is 0 Å². The molecule has 1 aromatic heterocycles. The van der Waals surface area contributed by atoms with E-state index >= 15 is 0 Å². The lowest BCUT2D eigenvalue weighted by Gasteiger charge is -2.35. The minimum Gasteiger partial charge on any atom is -0.481 e. The molecule has 5 heteroatoms. The average Bonchev–Trinajstić information content (AvgIpc) is 2.39. The fourth-order valence-electron chi connectivity index (χ4n) is 2.45. The number of halogens is 1. The van der Waals surface area contributed by atoms with Crippen LogP contribution in [0.25, 0.3) is 0 Å². The minimum absolute atomic E-state index is 0.461. The number of ether oxygens (including phenoxy) is 1.